The lowest BCUT2D eigenvalue weighted by Crippen LogP contribution is -2.01. The molecule has 0 atom stereocenters. The first kappa shape index (κ1) is 8.05. The van der Waals surface area contributed by atoms with Crippen LogP contribution in [0.2, 0.25) is 0 Å². The Hall–Kier alpha value is -0.300. The molecule has 1 saturated carbocycles. The zero-order valence-corrected chi connectivity index (χ0v) is 9.04. The summed E-state index contributed by atoms with van der Waals surface area (Å²) in [6, 6.07) is 0. The van der Waals surface area contributed by atoms with Gasteiger partial charge in [-0.3, -0.25) is 0 Å². The SMILES string of the molecule is Cc1sc(C2CC2)c2c1CCCC2. The molecule has 1 heterocycles. The Morgan fingerprint density at radius 3 is 2.46 bits per heavy atom. The monoisotopic (exact) mass is 192 g/mol. The molecule has 1 fully saturated rings. The molecule has 0 spiro atoms. The fourth-order valence-electron chi connectivity index (χ4n) is 2.53. The molecular formula is C12H16S. The van der Waals surface area contributed by atoms with Gasteiger partial charge < -0.3 is 0 Å². The maximum absolute atomic E-state index is 2.32. The molecule has 1 aromatic rings. The van der Waals surface area contributed by atoms with Crippen molar-refractivity contribution in [3.63, 3.8) is 0 Å². The van der Waals surface area contributed by atoms with Crippen molar-refractivity contribution < 1.29 is 0 Å². The van der Waals surface area contributed by atoms with Crippen LogP contribution in [0.5, 0.6) is 0 Å². The van der Waals surface area contributed by atoms with E-state index in [1.165, 1.54) is 38.5 Å². The van der Waals surface area contributed by atoms with Crippen LogP contribution in [-0.4, -0.2) is 0 Å². The molecule has 1 heteroatoms. The average molecular weight is 192 g/mol. The molecule has 2 aliphatic carbocycles. The molecule has 0 amide bonds. The van der Waals surface area contributed by atoms with E-state index >= 15 is 0 Å². The number of thiophene rings is 1. The molecule has 70 valence electrons. The van der Waals surface area contributed by atoms with Crippen molar-refractivity contribution in [2.45, 2.75) is 51.4 Å². The highest BCUT2D eigenvalue weighted by molar-refractivity contribution is 7.12. The summed E-state index contributed by atoms with van der Waals surface area (Å²) < 4.78 is 0. The first-order valence-electron chi connectivity index (χ1n) is 5.47. The number of aryl methyl sites for hydroxylation is 1. The molecule has 0 bridgehead atoms. The lowest BCUT2D eigenvalue weighted by atomic mass is 9.91. The standard InChI is InChI=1S/C12H16S/c1-8-10-4-2-3-5-11(10)12(13-8)9-6-7-9/h9H,2-7H2,1H3. The number of fused-ring (bicyclic) bond motifs is 1. The third-order valence-corrected chi connectivity index (χ3v) is 4.75. The van der Waals surface area contributed by atoms with Crippen LogP contribution in [0.4, 0.5) is 0 Å². The molecule has 0 unspecified atom stereocenters. The van der Waals surface area contributed by atoms with E-state index in [-0.39, 0.29) is 0 Å². The summed E-state index contributed by atoms with van der Waals surface area (Å²) in [7, 11) is 0. The van der Waals surface area contributed by atoms with Crippen LogP contribution in [0.3, 0.4) is 0 Å². The maximum atomic E-state index is 2.32. The van der Waals surface area contributed by atoms with E-state index in [0.717, 1.165) is 5.92 Å². The summed E-state index contributed by atoms with van der Waals surface area (Å²) in [6.45, 7) is 2.32. The van der Waals surface area contributed by atoms with Gasteiger partial charge in [-0.25, -0.2) is 0 Å². The predicted molar refractivity (Wildman–Crippen MR) is 57.7 cm³/mol. The van der Waals surface area contributed by atoms with Gasteiger partial charge in [0.15, 0.2) is 0 Å². The van der Waals surface area contributed by atoms with Gasteiger partial charge in [-0.15, -0.1) is 11.3 Å². The van der Waals surface area contributed by atoms with Crippen molar-refractivity contribution in [2.75, 3.05) is 0 Å². The van der Waals surface area contributed by atoms with E-state index in [9.17, 15) is 0 Å². The molecule has 0 nitrogen and oxygen atoms in total. The van der Waals surface area contributed by atoms with Gasteiger partial charge in [0.1, 0.15) is 0 Å². The van der Waals surface area contributed by atoms with Crippen LogP contribution in [0.1, 0.15) is 52.5 Å². The van der Waals surface area contributed by atoms with Crippen molar-refractivity contribution in [2.24, 2.45) is 0 Å². The third kappa shape index (κ3) is 1.25. The molecule has 1 aromatic heterocycles. The Balaban J connectivity index is 2.09. The van der Waals surface area contributed by atoms with E-state index in [2.05, 4.69) is 18.3 Å². The van der Waals surface area contributed by atoms with Crippen LogP contribution in [0, 0.1) is 6.92 Å². The topological polar surface area (TPSA) is 0 Å². The van der Waals surface area contributed by atoms with Gasteiger partial charge >= 0.3 is 0 Å². The van der Waals surface area contributed by atoms with Crippen molar-refractivity contribution in [1.82, 2.24) is 0 Å². The molecule has 0 aromatic carbocycles. The Morgan fingerprint density at radius 2 is 1.77 bits per heavy atom. The van der Waals surface area contributed by atoms with Gasteiger partial charge in [-0.05, 0) is 62.5 Å². The predicted octanol–water partition coefficient (Wildman–Crippen LogP) is 3.81. The van der Waals surface area contributed by atoms with E-state index in [4.69, 9.17) is 0 Å². The molecule has 13 heavy (non-hydrogen) atoms. The molecule has 3 rings (SSSR count). The van der Waals surface area contributed by atoms with Crippen LogP contribution >= 0.6 is 11.3 Å². The normalized spacial score (nSPS) is 21.6. The summed E-state index contributed by atoms with van der Waals surface area (Å²) in [5, 5.41) is 0. The second-order valence-electron chi connectivity index (χ2n) is 4.46. The summed E-state index contributed by atoms with van der Waals surface area (Å²) in [5.41, 5.74) is 3.51. The summed E-state index contributed by atoms with van der Waals surface area (Å²) >= 11 is 2.10. The Bertz CT molecular complexity index is 331. The first-order valence-corrected chi connectivity index (χ1v) is 6.29. The fraction of sp³-hybridized carbons (Fsp3) is 0.667. The second kappa shape index (κ2) is 2.84. The minimum absolute atomic E-state index is 0.977. The van der Waals surface area contributed by atoms with E-state index in [1.807, 2.05) is 0 Å². The lowest BCUT2D eigenvalue weighted by molar-refractivity contribution is 0.682. The Morgan fingerprint density at radius 1 is 1.08 bits per heavy atom. The summed E-state index contributed by atoms with van der Waals surface area (Å²) in [4.78, 5) is 3.39. The van der Waals surface area contributed by atoms with Crippen LogP contribution in [0.25, 0.3) is 0 Å². The molecule has 0 aliphatic heterocycles. The summed E-state index contributed by atoms with van der Waals surface area (Å²) in [5.74, 6) is 0.977. The van der Waals surface area contributed by atoms with E-state index in [1.54, 1.807) is 20.9 Å². The van der Waals surface area contributed by atoms with Gasteiger partial charge in [-0.2, -0.15) is 0 Å². The highest BCUT2D eigenvalue weighted by Gasteiger charge is 2.30. The number of hydrogen-bond acceptors (Lipinski definition) is 1. The Labute approximate surface area is 84.0 Å². The van der Waals surface area contributed by atoms with Gasteiger partial charge in [-0.1, -0.05) is 0 Å². The van der Waals surface area contributed by atoms with Crippen LogP contribution in [-0.2, 0) is 12.8 Å². The maximum Gasteiger partial charge on any atom is 0.0114 e. The zero-order valence-electron chi connectivity index (χ0n) is 8.23. The first-order chi connectivity index (χ1) is 6.36. The van der Waals surface area contributed by atoms with Gasteiger partial charge in [0, 0.05) is 9.75 Å². The molecule has 0 saturated heterocycles. The largest absolute Gasteiger partial charge is 0.145 e. The van der Waals surface area contributed by atoms with E-state index < -0.39 is 0 Å². The van der Waals surface area contributed by atoms with Gasteiger partial charge in [0.2, 0.25) is 0 Å². The third-order valence-electron chi connectivity index (χ3n) is 3.40. The van der Waals surface area contributed by atoms with E-state index in [0.29, 0.717) is 0 Å². The quantitative estimate of drug-likeness (QED) is 0.634. The van der Waals surface area contributed by atoms with Gasteiger partial charge in [0.25, 0.3) is 0 Å². The molecule has 0 N–H and O–H groups in total. The minimum Gasteiger partial charge on any atom is -0.145 e. The van der Waals surface area contributed by atoms with Crippen LogP contribution < -0.4 is 0 Å². The van der Waals surface area contributed by atoms with Crippen molar-refractivity contribution in [3.05, 3.63) is 20.9 Å². The Kier molecular flexibility index (Phi) is 1.76. The number of hydrogen-bond donors (Lipinski definition) is 0. The fourth-order valence-corrected chi connectivity index (χ4v) is 3.96. The summed E-state index contributed by atoms with van der Waals surface area (Å²) in [6.07, 6.45) is 8.53. The van der Waals surface area contributed by atoms with Crippen molar-refractivity contribution in [1.29, 1.82) is 0 Å². The lowest BCUT2D eigenvalue weighted by Gasteiger charge is -2.13. The molecule has 2 aliphatic rings. The number of rotatable bonds is 1. The zero-order chi connectivity index (χ0) is 8.84. The highest BCUT2D eigenvalue weighted by atomic mass is 32.1. The smallest absolute Gasteiger partial charge is 0.0114 e. The van der Waals surface area contributed by atoms with Crippen molar-refractivity contribution in [3.8, 4) is 0 Å². The molecular weight excluding hydrogens is 176 g/mol. The minimum atomic E-state index is 0.977. The average Bonchev–Trinajstić information content (AvgIpc) is 2.94. The van der Waals surface area contributed by atoms with Crippen molar-refractivity contribution >= 4 is 11.3 Å². The molecule has 0 radical (unpaired) electrons. The van der Waals surface area contributed by atoms with Gasteiger partial charge in [0.05, 0.1) is 0 Å². The van der Waals surface area contributed by atoms with Crippen LogP contribution in [0.15, 0.2) is 0 Å². The second-order valence-corrected chi connectivity index (χ2v) is 5.72. The highest BCUT2D eigenvalue weighted by Crippen LogP contribution is 2.48.